The third-order valence-electron chi connectivity index (χ3n) is 4.05. The van der Waals surface area contributed by atoms with Crippen LogP contribution in [0.5, 0.6) is 0 Å². The highest BCUT2D eigenvalue weighted by atomic mass is 32.2. The molecule has 130 valence electrons. The van der Waals surface area contributed by atoms with E-state index in [9.17, 15) is 4.79 Å². The van der Waals surface area contributed by atoms with Gasteiger partial charge in [-0.3, -0.25) is 15.0 Å². The molecule has 25 heavy (non-hydrogen) atoms. The van der Waals surface area contributed by atoms with E-state index >= 15 is 0 Å². The molecule has 0 spiro atoms. The lowest BCUT2D eigenvalue weighted by Gasteiger charge is -2.10. The summed E-state index contributed by atoms with van der Waals surface area (Å²) in [6.07, 6.45) is 5.42. The van der Waals surface area contributed by atoms with Crippen LogP contribution in [0.25, 0.3) is 0 Å². The highest BCUT2D eigenvalue weighted by Gasteiger charge is 2.24. The Morgan fingerprint density at radius 3 is 2.76 bits per heavy atom. The molecule has 6 heteroatoms. The van der Waals surface area contributed by atoms with Crippen LogP contribution in [-0.2, 0) is 17.8 Å². The maximum atomic E-state index is 11.4. The Kier molecular flexibility index (Phi) is 6.22. The topological polar surface area (TPSA) is 74.2 Å². The number of amides is 1. The van der Waals surface area contributed by atoms with E-state index in [0.29, 0.717) is 4.91 Å². The quantitative estimate of drug-likeness (QED) is 0.404. The van der Waals surface area contributed by atoms with E-state index in [1.165, 1.54) is 22.9 Å². The third-order valence-corrected chi connectivity index (χ3v) is 5.38. The van der Waals surface area contributed by atoms with Gasteiger partial charge in [-0.05, 0) is 36.6 Å². The molecule has 0 saturated carbocycles. The van der Waals surface area contributed by atoms with Gasteiger partial charge in [0.25, 0.3) is 5.91 Å². The number of aromatic nitrogens is 1. The molecule has 5 nitrogen and oxygen atoms in total. The summed E-state index contributed by atoms with van der Waals surface area (Å²) >= 11 is 1.44. The summed E-state index contributed by atoms with van der Waals surface area (Å²) in [5.41, 5.74) is 5.10. The summed E-state index contributed by atoms with van der Waals surface area (Å²) in [5.74, 6) is -0.450. The van der Waals surface area contributed by atoms with Crippen LogP contribution in [0.4, 0.5) is 0 Å². The summed E-state index contributed by atoms with van der Waals surface area (Å²) in [6.45, 7) is 1.77. The van der Waals surface area contributed by atoms with Crippen molar-refractivity contribution in [1.29, 1.82) is 0 Å². The number of hydrogen-bond acceptors (Lipinski definition) is 5. The van der Waals surface area contributed by atoms with Crippen molar-refractivity contribution >= 4 is 17.7 Å². The summed E-state index contributed by atoms with van der Waals surface area (Å²) in [6, 6.07) is 14.5. The second-order valence-electron chi connectivity index (χ2n) is 5.86. The molecule has 1 unspecified atom stereocenters. The smallest absolute Gasteiger partial charge is 0.280 e. The lowest BCUT2D eigenvalue weighted by molar-refractivity contribution is -0.124. The lowest BCUT2D eigenvalue weighted by atomic mass is 10.1. The first-order valence-corrected chi connectivity index (χ1v) is 9.15. The Morgan fingerprint density at radius 2 is 2.04 bits per heavy atom. The van der Waals surface area contributed by atoms with Crippen molar-refractivity contribution in [2.45, 2.75) is 24.6 Å². The Hall–Kier alpha value is -2.15. The fourth-order valence-electron chi connectivity index (χ4n) is 2.68. The zero-order valence-corrected chi connectivity index (χ0v) is 14.6. The molecule has 2 aromatic rings. The molecule has 1 aliphatic rings. The zero-order valence-electron chi connectivity index (χ0n) is 13.8. The van der Waals surface area contributed by atoms with Crippen LogP contribution in [0, 0.1) is 0 Å². The number of carbonyl (C=O) groups is 1. The van der Waals surface area contributed by atoms with Gasteiger partial charge in [-0.2, -0.15) is 0 Å². The molecule has 1 aromatic carbocycles. The molecule has 0 radical (unpaired) electrons. The monoisotopic (exact) mass is 355 g/mol. The van der Waals surface area contributed by atoms with Gasteiger partial charge in [0.15, 0.2) is 0 Å². The largest absolute Gasteiger partial charge is 0.312 e. The predicted molar refractivity (Wildman–Crippen MR) is 99.1 cm³/mol. The van der Waals surface area contributed by atoms with Gasteiger partial charge in [0, 0.05) is 12.7 Å². The first-order valence-electron chi connectivity index (χ1n) is 8.27. The van der Waals surface area contributed by atoms with Crippen LogP contribution < -0.4 is 10.8 Å². The summed E-state index contributed by atoms with van der Waals surface area (Å²) in [5, 5.41) is 12.3. The Balaban J connectivity index is 1.44. The Bertz CT molecular complexity index is 732. The van der Waals surface area contributed by atoms with Crippen molar-refractivity contribution in [2.75, 3.05) is 6.54 Å². The van der Waals surface area contributed by atoms with Crippen LogP contribution in [0.15, 0.2) is 59.6 Å². The fourth-order valence-corrected chi connectivity index (χ4v) is 3.79. The van der Waals surface area contributed by atoms with E-state index in [1.807, 2.05) is 36.5 Å². The number of hydrogen-bond donors (Lipinski definition) is 3. The van der Waals surface area contributed by atoms with Crippen LogP contribution in [0.1, 0.15) is 28.5 Å². The zero-order chi connectivity index (χ0) is 17.5. The standard InChI is InChI=1S/C19H21N3O2S/c23-19(22-24)18-9-8-17(25-18)16-7-6-15(13-21-16)10-11-20-12-14-4-2-1-3-5-14/h1-7,9,13,17,20,24H,8,10-12H2,(H,22,23). The van der Waals surface area contributed by atoms with Gasteiger partial charge in [0.2, 0.25) is 0 Å². The van der Waals surface area contributed by atoms with Crippen LogP contribution in [0.3, 0.4) is 0 Å². The Morgan fingerprint density at radius 1 is 1.20 bits per heavy atom. The number of allylic oxidation sites excluding steroid dienone is 1. The highest BCUT2D eigenvalue weighted by molar-refractivity contribution is 8.04. The number of carbonyl (C=O) groups excluding carboxylic acids is 1. The van der Waals surface area contributed by atoms with Crippen LogP contribution in [-0.4, -0.2) is 22.6 Å². The second-order valence-corrected chi connectivity index (χ2v) is 7.10. The van der Waals surface area contributed by atoms with Gasteiger partial charge in [-0.15, -0.1) is 11.8 Å². The molecular weight excluding hydrogens is 334 g/mol. The number of hydroxylamine groups is 1. The SMILES string of the molecule is O=C(NO)C1=CCC(c2ccc(CCNCc3ccccc3)cn2)S1. The number of thioether (sulfide) groups is 1. The maximum Gasteiger partial charge on any atom is 0.280 e. The van der Waals surface area contributed by atoms with E-state index in [2.05, 4.69) is 28.5 Å². The average molecular weight is 355 g/mol. The van der Waals surface area contributed by atoms with Gasteiger partial charge >= 0.3 is 0 Å². The predicted octanol–water partition coefficient (Wildman–Crippen LogP) is 2.98. The van der Waals surface area contributed by atoms with E-state index in [0.717, 1.165) is 31.6 Å². The molecule has 0 aliphatic carbocycles. The molecule has 1 atom stereocenters. The van der Waals surface area contributed by atoms with Gasteiger partial charge < -0.3 is 5.32 Å². The molecule has 2 heterocycles. The normalized spacial score (nSPS) is 16.5. The third kappa shape index (κ3) is 4.92. The van der Waals surface area contributed by atoms with E-state index in [4.69, 9.17) is 5.21 Å². The molecule has 3 N–H and O–H groups in total. The minimum Gasteiger partial charge on any atom is -0.312 e. The summed E-state index contributed by atoms with van der Waals surface area (Å²) < 4.78 is 0. The highest BCUT2D eigenvalue weighted by Crippen LogP contribution is 2.42. The first kappa shape index (κ1) is 17.7. The molecule has 0 fully saturated rings. The molecular formula is C19H21N3O2S. The van der Waals surface area contributed by atoms with Crippen molar-refractivity contribution in [3.05, 3.63) is 76.5 Å². The molecule has 3 rings (SSSR count). The van der Waals surface area contributed by atoms with Gasteiger partial charge in [0.1, 0.15) is 0 Å². The summed E-state index contributed by atoms with van der Waals surface area (Å²) in [4.78, 5) is 16.5. The van der Waals surface area contributed by atoms with Gasteiger partial charge in [-0.25, -0.2) is 5.48 Å². The first-order chi connectivity index (χ1) is 12.3. The number of benzene rings is 1. The number of pyridine rings is 1. The molecule has 1 amide bonds. The van der Waals surface area contributed by atoms with Crippen molar-refractivity contribution in [3.8, 4) is 0 Å². The summed E-state index contributed by atoms with van der Waals surface area (Å²) in [7, 11) is 0. The minimum atomic E-state index is -0.450. The van der Waals surface area contributed by atoms with Crippen LogP contribution in [0.2, 0.25) is 0 Å². The minimum absolute atomic E-state index is 0.137. The lowest BCUT2D eigenvalue weighted by Crippen LogP contribution is -2.18. The van der Waals surface area contributed by atoms with Gasteiger partial charge in [0.05, 0.1) is 15.8 Å². The number of rotatable bonds is 7. The maximum absolute atomic E-state index is 11.4. The van der Waals surface area contributed by atoms with E-state index in [1.54, 1.807) is 5.48 Å². The van der Waals surface area contributed by atoms with Crippen LogP contribution >= 0.6 is 11.8 Å². The molecule has 0 bridgehead atoms. The van der Waals surface area contributed by atoms with Gasteiger partial charge in [-0.1, -0.05) is 42.5 Å². The van der Waals surface area contributed by atoms with Crippen molar-refractivity contribution in [2.24, 2.45) is 0 Å². The van der Waals surface area contributed by atoms with Crippen molar-refractivity contribution in [3.63, 3.8) is 0 Å². The second kappa shape index (κ2) is 8.80. The Labute approximate surface area is 151 Å². The number of nitrogens with one attached hydrogen (secondary N) is 2. The van der Waals surface area contributed by atoms with Crippen molar-refractivity contribution in [1.82, 2.24) is 15.8 Å². The fraction of sp³-hybridized carbons (Fsp3) is 0.263. The van der Waals surface area contributed by atoms with Crippen molar-refractivity contribution < 1.29 is 10.0 Å². The van der Waals surface area contributed by atoms with E-state index in [-0.39, 0.29) is 5.25 Å². The molecule has 1 aliphatic heterocycles. The van der Waals surface area contributed by atoms with E-state index < -0.39 is 5.91 Å². The molecule has 0 saturated heterocycles. The molecule has 1 aromatic heterocycles. The number of nitrogens with zero attached hydrogens (tertiary/aromatic N) is 1. The average Bonchev–Trinajstić information content (AvgIpc) is 3.16.